The number of nitrogens with zero attached hydrogens (tertiary/aromatic N) is 2. The predicted molar refractivity (Wildman–Crippen MR) is 104 cm³/mol. The highest BCUT2D eigenvalue weighted by Crippen LogP contribution is 2.31. The van der Waals surface area contributed by atoms with Crippen molar-refractivity contribution in [1.82, 2.24) is 10.2 Å². The maximum atomic E-state index is 13.7. The van der Waals surface area contributed by atoms with Crippen molar-refractivity contribution in [1.29, 1.82) is 0 Å². The van der Waals surface area contributed by atoms with Crippen molar-refractivity contribution in [2.75, 3.05) is 25.3 Å². The number of methoxy groups -OCH3 is 2. The highest BCUT2D eigenvalue weighted by Gasteiger charge is 2.13. The number of hydrogen-bond acceptors (Lipinski definition) is 8. The standard InChI is InChI=1S/C18H16FN3O3S2/c1-24-15-8-7-11(9-16(15)25-2)14(23)10-26-18-22-21-17(27-18)20-13-6-4-3-5-12(13)19/h3-9H,10H2,1-2H3,(H,20,21). The van der Waals surface area contributed by atoms with Crippen molar-refractivity contribution in [3.05, 3.63) is 53.8 Å². The van der Waals surface area contributed by atoms with Crippen LogP contribution in [-0.4, -0.2) is 36.0 Å². The molecule has 0 unspecified atom stereocenters. The molecule has 0 aliphatic heterocycles. The van der Waals surface area contributed by atoms with Gasteiger partial charge in [-0.25, -0.2) is 4.39 Å². The summed E-state index contributed by atoms with van der Waals surface area (Å²) in [5.74, 6) is 0.824. The normalized spacial score (nSPS) is 10.5. The second-order valence-corrected chi connectivity index (χ2v) is 7.46. The lowest BCUT2D eigenvalue weighted by atomic mass is 10.1. The molecule has 27 heavy (non-hydrogen) atoms. The maximum absolute atomic E-state index is 13.7. The Bertz CT molecular complexity index is 949. The van der Waals surface area contributed by atoms with E-state index in [9.17, 15) is 9.18 Å². The molecule has 0 aliphatic carbocycles. The molecule has 0 radical (unpaired) electrons. The lowest BCUT2D eigenvalue weighted by Gasteiger charge is -2.08. The van der Waals surface area contributed by atoms with Crippen molar-refractivity contribution >= 4 is 39.7 Å². The smallest absolute Gasteiger partial charge is 0.210 e. The first-order valence-corrected chi connectivity index (χ1v) is 9.64. The number of ether oxygens (including phenoxy) is 2. The lowest BCUT2D eigenvalue weighted by molar-refractivity contribution is 0.102. The van der Waals surface area contributed by atoms with Gasteiger partial charge in [0, 0.05) is 5.56 Å². The molecule has 0 bridgehead atoms. The second-order valence-electron chi connectivity index (χ2n) is 5.26. The lowest BCUT2D eigenvalue weighted by Crippen LogP contribution is -2.03. The Morgan fingerprint density at radius 3 is 2.67 bits per heavy atom. The number of hydrogen-bond donors (Lipinski definition) is 1. The minimum Gasteiger partial charge on any atom is -0.493 e. The number of para-hydroxylation sites is 1. The fourth-order valence-electron chi connectivity index (χ4n) is 2.22. The van der Waals surface area contributed by atoms with Gasteiger partial charge in [0.1, 0.15) is 5.82 Å². The summed E-state index contributed by atoms with van der Waals surface area (Å²) in [4.78, 5) is 12.4. The zero-order chi connectivity index (χ0) is 19.2. The Hall–Kier alpha value is -2.65. The van der Waals surface area contributed by atoms with Crippen LogP contribution in [0.3, 0.4) is 0 Å². The van der Waals surface area contributed by atoms with Gasteiger partial charge < -0.3 is 14.8 Å². The fourth-order valence-corrected chi connectivity index (χ4v) is 3.88. The summed E-state index contributed by atoms with van der Waals surface area (Å²) in [5, 5.41) is 11.3. The van der Waals surface area contributed by atoms with Gasteiger partial charge in [0.2, 0.25) is 5.13 Å². The molecule has 0 atom stereocenters. The quantitative estimate of drug-likeness (QED) is 0.439. The Kier molecular flexibility index (Phi) is 6.25. The van der Waals surface area contributed by atoms with E-state index in [0.717, 1.165) is 0 Å². The van der Waals surface area contributed by atoms with Crippen LogP contribution in [0.1, 0.15) is 10.4 Å². The molecule has 0 fully saturated rings. The molecule has 1 N–H and O–H groups in total. The minimum absolute atomic E-state index is 0.0697. The van der Waals surface area contributed by atoms with Gasteiger partial charge >= 0.3 is 0 Å². The highest BCUT2D eigenvalue weighted by molar-refractivity contribution is 8.01. The summed E-state index contributed by atoms with van der Waals surface area (Å²) in [7, 11) is 3.06. The Morgan fingerprint density at radius 1 is 1.15 bits per heavy atom. The van der Waals surface area contributed by atoms with Gasteiger partial charge in [-0.15, -0.1) is 10.2 Å². The number of rotatable bonds is 8. The van der Waals surface area contributed by atoms with Gasteiger partial charge in [0.05, 0.1) is 25.7 Å². The van der Waals surface area contributed by atoms with Gasteiger partial charge in [0.15, 0.2) is 21.6 Å². The molecule has 0 amide bonds. The molecule has 0 aliphatic rings. The van der Waals surface area contributed by atoms with Crippen molar-refractivity contribution in [3.63, 3.8) is 0 Å². The zero-order valence-electron chi connectivity index (χ0n) is 14.6. The van der Waals surface area contributed by atoms with Crippen molar-refractivity contribution in [2.45, 2.75) is 4.34 Å². The van der Waals surface area contributed by atoms with Gasteiger partial charge in [-0.2, -0.15) is 0 Å². The van der Waals surface area contributed by atoms with Crippen LogP contribution in [0.15, 0.2) is 46.8 Å². The third-order valence-corrected chi connectivity index (χ3v) is 5.53. The Balaban J connectivity index is 1.61. The monoisotopic (exact) mass is 405 g/mol. The van der Waals surface area contributed by atoms with Gasteiger partial charge in [-0.1, -0.05) is 35.2 Å². The summed E-state index contributed by atoms with van der Waals surface area (Å²) >= 11 is 2.53. The van der Waals surface area contributed by atoms with Crippen molar-refractivity contribution in [2.24, 2.45) is 0 Å². The van der Waals surface area contributed by atoms with Gasteiger partial charge in [0.25, 0.3) is 0 Å². The number of aromatic nitrogens is 2. The average Bonchev–Trinajstić information content (AvgIpc) is 3.14. The number of thioether (sulfide) groups is 1. The number of benzene rings is 2. The molecular formula is C18H16FN3O3S2. The molecule has 2 aromatic carbocycles. The molecule has 3 rings (SSSR count). The first-order chi connectivity index (χ1) is 13.1. The third kappa shape index (κ3) is 4.75. The third-order valence-electron chi connectivity index (χ3n) is 3.55. The maximum Gasteiger partial charge on any atom is 0.210 e. The van der Waals surface area contributed by atoms with E-state index in [-0.39, 0.29) is 17.4 Å². The van der Waals surface area contributed by atoms with Crippen LogP contribution in [0.2, 0.25) is 0 Å². The van der Waals surface area contributed by atoms with E-state index in [1.165, 1.54) is 43.4 Å². The molecule has 3 aromatic rings. The van der Waals surface area contributed by atoms with Gasteiger partial charge in [-0.05, 0) is 30.3 Å². The van der Waals surface area contributed by atoms with E-state index < -0.39 is 0 Å². The Labute approximate surface area is 163 Å². The number of anilines is 2. The summed E-state index contributed by atoms with van der Waals surface area (Å²) in [6, 6.07) is 11.3. The van der Waals surface area contributed by atoms with Crippen LogP contribution >= 0.6 is 23.1 Å². The molecular weight excluding hydrogens is 389 g/mol. The molecule has 6 nitrogen and oxygen atoms in total. The summed E-state index contributed by atoms with van der Waals surface area (Å²) in [5.41, 5.74) is 0.848. The van der Waals surface area contributed by atoms with E-state index in [1.54, 1.807) is 36.4 Å². The van der Waals surface area contributed by atoms with Crippen molar-refractivity contribution < 1.29 is 18.7 Å². The predicted octanol–water partition coefficient (Wildman–Crippen LogP) is 4.41. The topological polar surface area (TPSA) is 73.3 Å². The number of ketones is 1. The summed E-state index contributed by atoms with van der Waals surface area (Å²) < 4.78 is 24.7. The average molecular weight is 405 g/mol. The Morgan fingerprint density at radius 2 is 1.93 bits per heavy atom. The first-order valence-electron chi connectivity index (χ1n) is 7.84. The number of halogens is 1. The van der Waals surface area contributed by atoms with E-state index in [0.29, 0.717) is 32.2 Å². The summed E-state index contributed by atoms with van der Waals surface area (Å²) in [6.07, 6.45) is 0. The van der Waals surface area contributed by atoms with E-state index in [1.807, 2.05) is 0 Å². The molecule has 9 heteroatoms. The first kappa shape index (κ1) is 19.1. The summed E-state index contributed by atoms with van der Waals surface area (Å²) in [6.45, 7) is 0. The highest BCUT2D eigenvalue weighted by atomic mass is 32.2. The van der Waals surface area contributed by atoms with E-state index >= 15 is 0 Å². The molecule has 140 valence electrons. The number of Topliss-reactive ketones (excluding diaryl/α,β-unsaturated/α-hetero) is 1. The van der Waals surface area contributed by atoms with Crippen LogP contribution in [0.5, 0.6) is 11.5 Å². The van der Waals surface area contributed by atoms with Crippen LogP contribution in [0, 0.1) is 5.82 Å². The molecule has 0 saturated carbocycles. The molecule has 1 heterocycles. The molecule has 1 aromatic heterocycles. The van der Waals surface area contributed by atoms with Crippen molar-refractivity contribution in [3.8, 4) is 11.5 Å². The SMILES string of the molecule is COc1ccc(C(=O)CSc2nnc(Nc3ccccc3F)s2)cc1OC. The second kappa shape index (κ2) is 8.83. The van der Waals surface area contributed by atoms with Crippen LogP contribution in [0.25, 0.3) is 0 Å². The number of carbonyl (C=O) groups excluding carboxylic acids is 1. The van der Waals surface area contributed by atoms with Gasteiger partial charge in [-0.3, -0.25) is 4.79 Å². The van der Waals surface area contributed by atoms with E-state index in [2.05, 4.69) is 15.5 Å². The fraction of sp³-hybridized carbons (Fsp3) is 0.167. The van der Waals surface area contributed by atoms with Crippen LogP contribution in [0.4, 0.5) is 15.2 Å². The van der Waals surface area contributed by atoms with Crippen LogP contribution < -0.4 is 14.8 Å². The number of nitrogens with one attached hydrogen (secondary N) is 1. The van der Waals surface area contributed by atoms with E-state index in [4.69, 9.17) is 9.47 Å². The van der Waals surface area contributed by atoms with Crippen LogP contribution in [-0.2, 0) is 0 Å². The minimum atomic E-state index is -0.370. The number of carbonyl (C=O) groups is 1. The largest absolute Gasteiger partial charge is 0.493 e. The zero-order valence-corrected chi connectivity index (χ0v) is 16.2. The molecule has 0 spiro atoms. The molecule has 0 saturated heterocycles.